The van der Waals surface area contributed by atoms with E-state index in [-0.39, 0.29) is 5.69 Å². The average Bonchev–Trinajstić information content (AvgIpc) is 2.75. The van der Waals surface area contributed by atoms with Crippen molar-refractivity contribution in [3.63, 3.8) is 0 Å². The van der Waals surface area contributed by atoms with Gasteiger partial charge in [0.25, 0.3) is 5.91 Å². The van der Waals surface area contributed by atoms with Crippen LogP contribution in [0.25, 0.3) is 0 Å². The third-order valence-electron chi connectivity index (χ3n) is 2.44. The number of urea groups is 1. The maximum Gasteiger partial charge on any atom is 0.339 e. The summed E-state index contributed by atoms with van der Waals surface area (Å²) in [6.07, 6.45) is 1.50. The van der Waals surface area contributed by atoms with E-state index in [1.165, 1.54) is 17.5 Å². The highest BCUT2D eigenvalue weighted by Crippen LogP contribution is 2.20. The molecule has 7 nitrogen and oxygen atoms in total. The molecule has 0 fully saturated rings. The maximum atomic E-state index is 11.6. The number of aryl methyl sites for hydroxylation is 2. The Kier molecular flexibility index (Phi) is 4.26. The van der Waals surface area contributed by atoms with E-state index in [4.69, 9.17) is 0 Å². The molecule has 0 saturated carbocycles. The van der Waals surface area contributed by atoms with Crippen molar-refractivity contribution >= 4 is 28.4 Å². The molecular weight excluding hydrogens is 278 g/mol. The van der Waals surface area contributed by atoms with Crippen LogP contribution < -0.4 is 16.2 Å². The summed E-state index contributed by atoms with van der Waals surface area (Å²) >= 11 is 1.37. The van der Waals surface area contributed by atoms with Gasteiger partial charge in [0.1, 0.15) is 5.69 Å². The zero-order valence-electron chi connectivity index (χ0n) is 10.9. The van der Waals surface area contributed by atoms with Gasteiger partial charge in [-0.2, -0.15) is 0 Å². The largest absolute Gasteiger partial charge is 0.339 e. The second-order valence-electron chi connectivity index (χ2n) is 3.91. The summed E-state index contributed by atoms with van der Waals surface area (Å²) in [6, 6.07) is 4.36. The van der Waals surface area contributed by atoms with Crippen molar-refractivity contribution < 1.29 is 9.59 Å². The Balaban J connectivity index is 1.85. The third kappa shape index (κ3) is 3.51. The molecule has 2 aromatic heterocycles. The van der Waals surface area contributed by atoms with Crippen LogP contribution in [0.5, 0.6) is 0 Å². The zero-order valence-corrected chi connectivity index (χ0v) is 11.7. The molecule has 3 N–H and O–H groups in total. The lowest BCUT2D eigenvalue weighted by Crippen LogP contribution is -2.44. The summed E-state index contributed by atoms with van der Waals surface area (Å²) in [7, 11) is 0. The lowest BCUT2D eigenvalue weighted by atomic mass is 10.3. The van der Waals surface area contributed by atoms with E-state index < -0.39 is 11.9 Å². The van der Waals surface area contributed by atoms with Gasteiger partial charge in [-0.3, -0.25) is 20.5 Å². The van der Waals surface area contributed by atoms with Crippen molar-refractivity contribution in [3.05, 3.63) is 40.7 Å². The quantitative estimate of drug-likeness (QED) is 0.733. The molecule has 2 aromatic rings. The lowest BCUT2D eigenvalue weighted by molar-refractivity contribution is 0.0933. The minimum atomic E-state index is -0.567. The van der Waals surface area contributed by atoms with Crippen molar-refractivity contribution in [3.8, 4) is 0 Å². The first kappa shape index (κ1) is 13.9. The van der Waals surface area contributed by atoms with Gasteiger partial charge in [0.05, 0.1) is 5.69 Å². The number of hydrazine groups is 1. The fourth-order valence-electron chi connectivity index (χ4n) is 1.33. The summed E-state index contributed by atoms with van der Waals surface area (Å²) in [5.41, 5.74) is 5.57. The van der Waals surface area contributed by atoms with Gasteiger partial charge in [-0.25, -0.2) is 15.2 Å². The molecule has 0 unspecified atom stereocenters. The number of nitrogens with one attached hydrogen (secondary N) is 3. The first-order chi connectivity index (χ1) is 9.56. The number of aromatic nitrogens is 2. The molecule has 8 heteroatoms. The van der Waals surface area contributed by atoms with Gasteiger partial charge in [0.15, 0.2) is 5.13 Å². The van der Waals surface area contributed by atoms with Gasteiger partial charge in [-0.1, -0.05) is 6.07 Å². The predicted molar refractivity (Wildman–Crippen MR) is 75.4 cm³/mol. The van der Waals surface area contributed by atoms with E-state index in [2.05, 4.69) is 26.1 Å². The average molecular weight is 291 g/mol. The highest BCUT2D eigenvalue weighted by molar-refractivity contribution is 7.15. The van der Waals surface area contributed by atoms with E-state index in [1.54, 1.807) is 18.2 Å². The number of carbonyl (C=O) groups is 2. The Morgan fingerprint density at radius 3 is 2.60 bits per heavy atom. The summed E-state index contributed by atoms with van der Waals surface area (Å²) in [5, 5.41) is 3.01. The van der Waals surface area contributed by atoms with E-state index in [1.807, 2.05) is 13.8 Å². The molecule has 3 amide bonds. The summed E-state index contributed by atoms with van der Waals surface area (Å²) in [5.74, 6) is -0.493. The summed E-state index contributed by atoms with van der Waals surface area (Å²) < 4.78 is 0. The second-order valence-corrected chi connectivity index (χ2v) is 5.11. The molecule has 2 rings (SSSR count). The van der Waals surface area contributed by atoms with E-state index in [9.17, 15) is 9.59 Å². The monoisotopic (exact) mass is 291 g/mol. The first-order valence-corrected chi connectivity index (χ1v) is 6.60. The van der Waals surface area contributed by atoms with Crippen molar-refractivity contribution in [2.45, 2.75) is 13.8 Å². The van der Waals surface area contributed by atoms with Gasteiger partial charge >= 0.3 is 6.03 Å². The molecule has 0 aliphatic rings. The summed E-state index contributed by atoms with van der Waals surface area (Å²) in [6.45, 7) is 3.77. The van der Waals surface area contributed by atoms with E-state index in [0.29, 0.717) is 5.13 Å². The number of amides is 3. The van der Waals surface area contributed by atoms with Crippen molar-refractivity contribution in [1.29, 1.82) is 0 Å². The van der Waals surface area contributed by atoms with Crippen LogP contribution in [0.1, 0.15) is 21.1 Å². The van der Waals surface area contributed by atoms with Crippen molar-refractivity contribution in [1.82, 2.24) is 20.8 Å². The number of hydrogen-bond donors (Lipinski definition) is 3. The fraction of sp³-hybridized carbons (Fsp3) is 0.167. The number of thiazole rings is 1. The third-order valence-corrected chi connectivity index (χ3v) is 3.42. The van der Waals surface area contributed by atoms with Crippen LogP contribution >= 0.6 is 11.3 Å². The second kappa shape index (κ2) is 6.11. The van der Waals surface area contributed by atoms with Crippen LogP contribution in [0, 0.1) is 13.8 Å². The molecule has 20 heavy (non-hydrogen) atoms. The van der Waals surface area contributed by atoms with Crippen molar-refractivity contribution in [2.75, 3.05) is 5.32 Å². The molecule has 0 radical (unpaired) electrons. The topological polar surface area (TPSA) is 96.0 Å². The predicted octanol–water partition coefficient (Wildman–Crippen LogP) is 1.62. The molecule has 104 valence electrons. The SMILES string of the molecule is Cc1nc(NC(=O)NNC(=O)c2ccccn2)sc1C. The molecule has 0 saturated heterocycles. The van der Waals surface area contributed by atoms with Gasteiger partial charge in [-0.15, -0.1) is 11.3 Å². The van der Waals surface area contributed by atoms with E-state index >= 15 is 0 Å². The Bertz CT molecular complexity index is 607. The molecule has 0 aromatic carbocycles. The van der Waals surface area contributed by atoms with Crippen LogP contribution in [0.15, 0.2) is 24.4 Å². The van der Waals surface area contributed by atoms with E-state index in [0.717, 1.165) is 10.6 Å². The number of pyridine rings is 1. The minimum Gasteiger partial charge on any atom is -0.282 e. The first-order valence-electron chi connectivity index (χ1n) is 5.78. The van der Waals surface area contributed by atoms with Crippen LogP contribution in [-0.4, -0.2) is 21.9 Å². The van der Waals surface area contributed by atoms with Crippen LogP contribution in [0.2, 0.25) is 0 Å². The number of carbonyl (C=O) groups excluding carboxylic acids is 2. The highest BCUT2D eigenvalue weighted by Gasteiger charge is 2.10. The molecule has 0 atom stereocenters. The van der Waals surface area contributed by atoms with Crippen LogP contribution in [0.3, 0.4) is 0 Å². The molecule has 0 aliphatic carbocycles. The smallest absolute Gasteiger partial charge is 0.282 e. The standard InChI is InChI=1S/C12H13N5O2S/c1-7-8(2)20-12(14-7)15-11(19)17-16-10(18)9-5-3-4-6-13-9/h3-6H,1-2H3,(H,16,18)(H2,14,15,17,19). The number of hydrogen-bond acceptors (Lipinski definition) is 5. The minimum absolute atomic E-state index is 0.216. The zero-order chi connectivity index (χ0) is 14.5. The van der Waals surface area contributed by atoms with Gasteiger partial charge in [0, 0.05) is 11.1 Å². The Morgan fingerprint density at radius 1 is 1.20 bits per heavy atom. The molecule has 0 aliphatic heterocycles. The Hall–Kier alpha value is -2.48. The van der Waals surface area contributed by atoms with Gasteiger partial charge in [-0.05, 0) is 26.0 Å². The molecule has 0 spiro atoms. The van der Waals surface area contributed by atoms with Gasteiger partial charge in [0.2, 0.25) is 0 Å². The van der Waals surface area contributed by atoms with Crippen LogP contribution in [0.4, 0.5) is 9.93 Å². The molecular formula is C12H13N5O2S. The number of nitrogens with zero attached hydrogens (tertiary/aromatic N) is 2. The number of rotatable bonds is 2. The van der Waals surface area contributed by atoms with Gasteiger partial charge < -0.3 is 0 Å². The summed E-state index contributed by atoms with van der Waals surface area (Å²) in [4.78, 5) is 32.3. The van der Waals surface area contributed by atoms with Crippen LogP contribution in [-0.2, 0) is 0 Å². The molecule has 0 bridgehead atoms. The maximum absolute atomic E-state index is 11.6. The molecule has 2 heterocycles. The number of anilines is 1. The fourth-order valence-corrected chi connectivity index (χ4v) is 2.14. The normalized spacial score (nSPS) is 9.90. The van der Waals surface area contributed by atoms with Crippen molar-refractivity contribution in [2.24, 2.45) is 0 Å². The highest BCUT2D eigenvalue weighted by atomic mass is 32.1. The lowest BCUT2D eigenvalue weighted by Gasteiger charge is -2.06. The Morgan fingerprint density at radius 2 is 2.00 bits per heavy atom. The Labute approximate surface area is 119 Å².